The highest BCUT2D eigenvalue weighted by Crippen LogP contribution is 2.18. The third-order valence-electron chi connectivity index (χ3n) is 3.06. The molecule has 0 radical (unpaired) electrons. The van der Waals surface area contributed by atoms with Gasteiger partial charge in [-0.05, 0) is 20.3 Å². The molecule has 1 fully saturated rings. The van der Waals surface area contributed by atoms with E-state index in [1.165, 1.54) is 12.0 Å². The minimum absolute atomic E-state index is 0.0558. The topological polar surface area (TPSA) is 92.8 Å². The predicted molar refractivity (Wildman–Crippen MR) is 73.9 cm³/mol. The standard InChI is InChI=1S/C12H22N2O5S/c1-9(2)13-11(15)12(16)14(5-6-19-3)10-4-7-20(17,18)8-10/h9-10H,4-8H2,1-3H3,(H,13,15). The average molecular weight is 306 g/mol. The second kappa shape index (κ2) is 7.03. The first-order valence-electron chi connectivity index (χ1n) is 6.57. The van der Waals surface area contributed by atoms with Crippen molar-refractivity contribution in [3.05, 3.63) is 0 Å². The Bertz CT molecular complexity index is 460. The molecular formula is C12H22N2O5S. The van der Waals surface area contributed by atoms with E-state index in [2.05, 4.69) is 5.32 Å². The summed E-state index contributed by atoms with van der Waals surface area (Å²) in [7, 11) is -1.63. The first-order valence-corrected chi connectivity index (χ1v) is 8.40. The zero-order valence-corrected chi connectivity index (χ0v) is 12.9. The van der Waals surface area contributed by atoms with Crippen molar-refractivity contribution in [2.45, 2.75) is 32.4 Å². The zero-order chi connectivity index (χ0) is 15.3. The van der Waals surface area contributed by atoms with Crippen LogP contribution in [0.15, 0.2) is 0 Å². The smallest absolute Gasteiger partial charge is 0.312 e. The number of nitrogens with one attached hydrogen (secondary N) is 1. The van der Waals surface area contributed by atoms with Crippen LogP contribution >= 0.6 is 0 Å². The van der Waals surface area contributed by atoms with Crippen molar-refractivity contribution in [1.82, 2.24) is 10.2 Å². The molecule has 1 aliphatic heterocycles. The van der Waals surface area contributed by atoms with Crippen molar-refractivity contribution in [2.75, 3.05) is 31.8 Å². The highest BCUT2D eigenvalue weighted by Gasteiger charge is 2.36. The number of nitrogens with zero attached hydrogens (tertiary/aromatic N) is 1. The summed E-state index contributed by atoms with van der Waals surface area (Å²) in [5.41, 5.74) is 0. The highest BCUT2D eigenvalue weighted by molar-refractivity contribution is 7.91. The Hall–Kier alpha value is -1.15. The molecule has 0 bridgehead atoms. The number of ether oxygens (including phenoxy) is 1. The number of hydrogen-bond donors (Lipinski definition) is 1. The fourth-order valence-corrected chi connectivity index (χ4v) is 3.85. The fourth-order valence-electron chi connectivity index (χ4n) is 2.12. The van der Waals surface area contributed by atoms with Crippen molar-refractivity contribution in [3.63, 3.8) is 0 Å². The molecule has 2 amide bonds. The van der Waals surface area contributed by atoms with Gasteiger partial charge in [0.2, 0.25) is 0 Å². The lowest BCUT2D eigenvalue weighted by Crippen LogP contribution is -2.50. The molecule has 0 aliphatic carbocycles. The summed E-state index contributed by atoms with van der Waals surface area (Å²) in [6, 6.07) is -0.594. The third-order valence-corrected chi connectivity index (χ3v) is 4.81. The third kappa shape index (κ3) is 4.75. The highest BCUT2D eigenvalue weighted by atomic mass is 32.2. The number of carbonyl (C=O) groups is 2. The zero-order valence-electron chi connectivity index (χ0n) is 12.1. The molecule has 0 aromatic heterocycles. The fraction of sp³-hybridized carbons (Fsp3) is 0.833. The van der Waals surface area contributed by atoms with E-state index in [4.69, 9.17) is 4.74 Å². The minimum Gasteiger partial charge on any atom is -0.383 e. The molecule has 1 N–H and O–H groups in total. The van der Waals surface area contributed by atoms with E-state index in [0.29, 0.717) is 6.42 Å². The molecule has 0 aromatic rings. The molecule has 0 aromatic carbocycles. The van der Waals surface area contributed by atoms with Gasteiger partial charge in [0, 0.05) is 25.7 Å². The number of carbonyl (C=O) groups excluding carboxylic acids is 2. The molecule has 20 heavy (non-hydrogen) atoms. The molecule has 116 valence electrons. The van der Waals surface area contributed by atoms with Gasteiger partial charge in [0.05, 0.1) is 18.1 Å². The molecule has 0 spiro atoms. The van der Waals surface area contributed by atoms with Crippen LogP contribution in [0.2, 0.25) is 0 Å². The van der Waals surface area contributed by atoms with Crippen molar-refractivity contribution < 1.29 is 22.7 Å². The normalized spacial score (nSPS) is 20.9. The first kappa shape index (κ1) is 16.9. The van der Waals surface area contributed by atoms with Crippen LogP contribution in [0.3, 0.4) is 0 Å². The van der Waals surface area contributed by atoms with Gasteiger partial charge in [-0.2, -0.15) is 0 Å². The van der Waals surface area contributed by atoms with E-state index < -0.39 is 27.7 Å². The van der Waals surface area contributed by atoms with E-state index in [0.717, 1.165) is 0 Å². The molecule has 1 unspecified atom stereocenters. The summed E-state index contributed by atoms with van der Waals surface area (Å²) >= 11 is 0. The van der Waals surface area contributed by atoms with Gasteiger partial charge < -0.3 is 15.0 Å². The summed E-state index contributed by atoms with van der Waals surface area (Å²) in [6.07, 6.45) is 0.368. The summed E-state index contributed by atoms with van der Waals surface area (Å²) < 4.78 is 28.0. The summed E-state index contributed by atoms with van der Waals surface area (Å²) in [5, 5.41) is 2.52. The van der Waals surface area contributed by atoms with Gasteiger partial charge in [0.1, 0.15) is 0 Å². The van der Waals surface area contributed by atoms with Crippen LogP contribution in [0.1, 0.15) is 20.3 Å². The van der Waals surface area contributed by atoms with E-state index in [1.807, 2.05) is 0 Å². The Morgan fingerprint density at radius 1 is 1.40 bits per heavy atom. The number of rotatable bonds is 5. The Kier molecular flexibility index (Phi) is 5.94. The molecule has 1 rings (SSSR count). The first-order chi connectivity index (χ1) is 9.26. The molecule has 1 atom stereocenters. The molecule has 1 saturated heterocycles. The van der Waals surface area contributed by atoms with Crippen molar-refractivity contribution in [2.24, 2.45) is 0 Å². The summed E-state index contributed by atoms with van der Waals surface area (Å²) in [6.45, 7) is 3.98. The minimum atomic E-state index is -3.11. The number of amides is 2. The maximum Gasteiger partial charge on any atom is 0.312 e. The predicted octanol–water partition coefficient (Wildman–Crippen LogP) is -0.827. The molecule has 7 nitrogen and oxygen atoms in total. The summed E-state index contributed by atoms with van der Waals surface area (Å²) in [5.74, 6) is -1.43. The molecular weight excluding hydrogens is 284 g/mol. The lowest BCUT2D eigenvalue weighted by atomic mass is 10.2. The number of methoxy groups -OCH3 is 1. The molecule has 8 heteroatoms. The SMILES string of the molecule is COCCN(C(=O)C(=O)NC(C)C)C1CCS(=O)(=O)C1. The Morgan fingerprint density at radius 2 is 2.05 bits per heavy atom. The van der Waals surface area contributed by atoms with Crippen LogP contribution in [0.25, 0.3) is 0 Å². The van der Waals surface area contributed by atoms with Crippen LogP contribution in [0, 0.1) is 0 Å². The van der Waals surface area contributed by atoms with Crippen molar-refractivity contribution in [3.8, 4) is 0 Å². The van der Waals surface area contributed by atoms with Gasteiger partial charge >= 0.3 is 11.8 Å². The van der Waals surface area contributed by atoms with E-state index in [1.54, 1.807) is 13.8 Å². The van der Waals surface area contributed by atoms with Crippen LogP contribution < -0.4 is 5.32 Å². The Balaban J connectivity index is 2.78. The van der Waals surface area contributed by atoms with Gasteiger partial charge in [-0.15, -0.1) is 0 Å². The van der Waals surface area contributed by atoms with Gasteiger partial charge in [-0.3, -0.25) is 9.59 Å². The monoisotopic (exact) mass is 306 g/mol. The number of sulfone groups is 1. The average Bonchev–Trinajstić information content (AvgIpc) is 2.69. The van der Waals surface area contributed by atoms with Crippen LogP contribution in [0.5, 0.6) is 0 Å². The van der Waals surface area contributed by atoms with Crippen LogP contribution in [-0.2, 0) is 24.2 Å². The van der Waals surface area contributed by atoms with Gasteiger partial charge in [0.15, 0.2) is 9.84 Å². The van der Waals surface area contributed by atoms with E-state index in [-0.39, 0.29) is 30.7 Å². The second-order valence-electron chi connectivity index (χ2n) is 5.18. The second-order valence-corrected chi connectivity index (χ2v) is 7.41. The molecule has 1 heterocycles. The maximum atomic E-state index is 12.1. The van der Waals surface area contributed by atoms with Crippen LogP contribution in [-0.4, -0.2) is 69.0 Å². The van der Waals surface area contributed by atoms with Crippen molar-refractivity contribution >= 4 is 21.7 Å². The van der Waals surface area contributed by atoms with E-state index in [9.17, 15) is 18.0 Å². The Morgan fingerprint density at radius 3 is 2.50 bits per heavy atom. The quantitative estimate of drug-likeness (QED) is 0.670. The van der Waals surface area contributed by atoms with Crippen LogP contribution in [0.4, 0.5) is 0 Å². The molecule has 1 aliphatic rings. The lowest BCUT2D eigenvalue weighted by Gasteiger charge is -2.27. The van der Waals surface area contributed by atoms with E-state index >= 15 is 0 Å². The maximum absolute atomic E-state index is 12.1. The van der Waals surface area contributed by atoms with Gasteiger partial charge in [-0.1, -0.05) is 0 Å². The Labute approximate surface area is 119 Å². The largest absolute Gasteiger partial charge is 0.383 e. The summed E-state index contributed by atoms with van der Waals surface area (Å²) in [4.78, 5) is 25.2. The molecule has 0 saturated carbocycles. The lowest BCUT2D eigenvalue weighted by molar-refractivity contribution is -0.147. The van der Waals surface area contributed by atoms with Gasteiger partial charge in [-0.25, -0.2) is 8.42 Å². The van der Waals surface area contributed by atoms with Gasteiger partial charge in [0.25, 0.3) is 0 Å². The number of hydrogen-bond acceptors (Lipinski definition) is 5. The van der Waals surface area contributed by atoms with Crippen molar-refractivity contribution in [1.29, 1.82) is 0 Å².